The molecule has 5 nitrogen and oxygen atoms in total. The van der Waals surface area contributed by atoms with Crippen molar-refractivity contribution < 1.29 is 23.9 Å². The molecular weight excluding hydrogens is 512 g/mol. The molecule has 41 heavy (non-hydrogen) atoms. The fourth-order valence-corrected chi connectivity index (χ4v) is 6.14. The average molecular weight is 579 g/mol. The predicted molar refractivity (Wildman–Crippen MR) is 170 cm³/mol. The van der Waals surface area contributed by atoms with E-state index in [-0.39, 0.29) is 24.0 Å². The number of ether oxygens (including phenoxy) is 2. The van der Waals surface area contributed by atoms with Crippen LogP contribution in [-0.2, 0) is 23.9 Å². The van der Waals surface area contributed by atoms with Gasteiger partial charge < -0.3 is 9.47 Å². The maximum absolute atomic E-state index is 11.3. The summed E-state index contributed by atoms with van der Waals surface area (Å²) < 4.78 is 10.3. The summed E-state index contributed by atoms with van der Waals surface area (Å²) in [5.74, 6) is 1.25. The van der Waals surface area contributed by atoms with E-state index in [0.717, 1.165) is 51.4 Å². The van der Waals surface area contributed by atoms with Crippen LogP contribution in [0.15, 0.2) is 0 Å². The normalized spacial score (nSPS) is 22.2. The van der Waals surface area contributed by atoms with Crippen LogP contribution in [0, 0.1) is 11.8 Å². The quantitative estimate of drug-likeness (QED) is 0.119. The zero-order valence-corrected chi connectivity index (χ0v) is 27.4. The van der Waals surface area contributed by atoms with Crippen LogP contribution in [0.5, 0.6) is 0 Å². The van der Waals surface area contributed by atoms with E-state index in [1.54, 1.807) is 0 Å². The second-order valence-corrected chi connectivity index (χ2v) is 12.7. The number of ketones is 1. The van der Waals surface area contributed by atoms with E-state index in [1.165, 1.54) is 109 Å². The zero-order valence-electron chi connectivity index (χ0n) is 27.4. The summed E-state index contributed by atoms with van der Waals surface area (Å²) in [6.07, 6.45) is 31.1. The van der Waals surface area contributed by atoms with Gasteiger partial charge in [-0.25, -0.2) is 0 Å². The molecule has 0 aromatic rings. The number of hydrogen-bond donors (Lipinski definition) is 0. The number of Topliss-reactive ketones (excluding diaryl/α,β-unsaturated/α-hetero) is 1. The van der Waals surface area contributed by atoms with E-state index >= 15 is 0 Å². The molecule has 0 aromatic heterocycles. The molecule has 240 valence electrons. The van der Waals surface area contributed by atoms with Crippen LogP contribution in [0.25, 0.3) is 0 Å². The van der Waals surface area contributed by atoms with Crippen molar-refractivity contribution in [3.05, 3.63) is 0 Å². The smallest absolute Gasteiger partial charge is 0.308 e. The molecule has 0 bridgehead atoms. The number of rotatable bonds is 18. The molecule has 3 fully saturated rings. The third kappa shape index (κ3) is 20.2. The van der Waals surface area contributed by atoms with E-state index in [9.17, 15) is 14.4 Å². The molecular formula is C36H66O5. The lowest BCUT2D eigenvalue weighted by molar-refractivity contribution is -0.154. The van der Waals surface area contributed by atoms with Crippen LogP contribution in [0.1, 0.15) is 188 Å². The minimum Gasteiger partial charge on any atom is -0.465 e. The van der Waals surface area contributed by atoms with Crippen molar-refractivity contribution in [2.24, 2.45) is 11.8 Å². The van der Waals surface area contributed by atoms with Gasteiger partial charge in [0.25, 0.3) is 0 Å². The molecule has 2 aliphatic heterocycles. The minimum atomic E-state index is 0.00908. The van der Waals surface area contributed by atoms with Gasteiger partial charge in [-0.05, 0) is 64.2 Å². The second-order valence-electron chi connectivity index (χ2n) is 12.7. The van der Waals surface area contributed by atoms with Gasteiger partial charge in [0, 0.05) is 18.8 Å². The van der Waals surface area contributed by atoms with E-state index < -0.39 is 0 Å². The van der Waals surface area contributed by atoms with Crippen LogP contribution in [0.4, 0.5) is 0 Å². The van der Waals surface area contributed by atoms with Crippen LogP contribution >= 0.6 is 0 Å². The second kappa shape index (κ2) is 26.3. The van der Waals surface area contributed by atoms with E-state index in [0.29, 0.717) is 24.7 Å². The molecule has 0 amide bonds. The number of esters is 2. The van der Waals surface area contributed by atoms with Crippen molar-refractivity contribution in [1.82, 2.24) is 0 Å². The first-order chi connectivity index (χ1) is 20.0. The van der Waals surface area contributed by atoms with Gasteiger partial charge >= 0.3 is 11.9 Å². The summed E-state index contributed by atoms with van der Waals surface area (Å²) in [6.45, 7) is 7.33. The van der Waals surface area contributed by atoms with Gasteiger partial charge in [0.1, 0.15) is 11.9 Å². The molecule has 0 radical (unpaired) electrons. The molecule has 2 saturated heterocycles. The highest BCUT2D eigenvalue weighted by atomic mass is 16.5. The molecule has 0 N–H and O–H groups in total. The standard InChI is InChI=1S/2C12H22O2.C12H22O/c1-2-3-4-5-6-8-11-9-7-10-14-12(11)13;1-2-3-4-5-6-8-11-9-7-10-12(13)14-11;1-2-3-4-5-6-8-11-9-7-10-12(11)13/h2*11H,2-10H2,1H3;11H,2-10H2,1H3. The number of unbranched alkanes of at least 4 members (excludes halogenated alkanes) is 12. The summed E-state index contributed by atoms with van der Waals surface area (Å²) in [6, 6.07) is 0. The number of hydrogen-bond acceptors (Lipinski definition) is 5. The number of cyclic esters (lactones) is 2. The molecule has 3 rings (SSSR count). The Morgan fingerprint density at radius 2 is 1.07 bits per heavy atom. The largest absolute Gasteiger partial charge is 0.465 e. The van der Waals surface area contributed by atoms with Crippen molar-refractivity contribution in [2.75, 3.05) is 6.61 Å². The van der Waals surface area contributed by atoms with Crippen LogP contribution in [0.2, 0.25) is 0 Å². The molecule has 0 aromatic carbocycles. The fraction of sp³-hybridized carbons (Fsp3) is 0.917. The molecule has 3 unspecified atom stereocenters. The van der Waals surface area contributed by atoms with E-state index in [4.69, 9.17) is 9.47 Å². The molecule has 2 heterocycles. The molecule has 0 spiro atoms. The van der Waals surface area contributed by atoms with Gasteiger partial charge in [-0.2, -0.15) is 0 Å². The van der Waals surface area contributed by atoms with Gasteiger partial charge in [0.15, 0.2) is 0 Å². The average Bonchev–Trinajstić information content (AvgIpc) is 3.39. The monoisotopic (exact) mass is 578 g/mol. The van der Waals surface area contributed by atoms with Gasteiger partial charge in [0.2, 0.25) is 0 Å². The Bertz CT molecular complexity index is 660. The maximum Gasteiger partial charge on any atom is 0.308 e. The molecule has 3 atom stereocenters. The highest BCUT2D eigenvalue weighted by Gasteiger charge is 2.24. The first-order valence-electron chi connectivity index (χ1n) is 17.9. The van der Waals surface area contributed by atoms with Crippen molar-refractivity contribution in [1.29, 1.82) is 0 Å². The summed E-state index contributed by atoms with van der Waals surface area (Å²) in [5, 5.41) is 0. The first-order valence-corrected chi connectivity index (χ1v) is 17.9. The lowest BCUT2D eigenvalue weighted by atomic mass is 9.94. The third-order valence-corrected chi connectivity index (χ3v) is 8.85. The number of carbonyl (C=O) groups excluding carboxylic acids is 3. The molecule has 3 aliphatic rings. The highest BCUT2D eigenvalue weighted by molar-refractivity contribution is 5.82. The summed E-state index contributed by atoms with van der Waals surface area (Å²) >= 11 is 0. The highest BCUT2D eigenvalue weighted by Crippen LogP contribution is 2.26. The third-order valence-electron chi connectivity index (χ3n) is 8.85. The van der Waals surface area contributed by atoms with Gasteiger partial charge in [-0.3, -0.25) is 14.4 Å². The Kier molecular flexibility index (Phi) is 24.1. The summed E-state index contributed by atoms with van der Waals surface area (Å²) in [4.78, 5) is 33.6. The van der Waals surface area contributed by atoms with Crippen molar-refractivity contribution in [3.63, 3.8) is 0 Å². The van der Waals surface area contributed by atoms with Crippen LogP contribution < -0.4 is 0 Å². The molecule has 1 saturated carbocycles. The Balaban J connectivity index is 0.000000308. The van der Waals surface area contributed by atoms with Crippen molar-refractivity contribution >= 4 is 17.7 Å². The Morgan fingerprint density at radius 1 is 0.561 bits per heavy atom. The topological polar surface area (TPSA) is 69.7 Å². The van der Waals surface area contributed by atoms with E-state index in [1.807, 2.05) is 0 Å². The van der Waals surface area contributed by atoms with Gasteiger partial charge in [0.05, 0.1) is 12.5 Å². The number of carbonyl (C=O) groups is 3. The Labute approximate surface area is 253 Å². The minimum absolute atomic E-state index is 0.00908. The van der Waals surface area contributed by atoms with Crippen LogP contribution in [0.3, 0.4) is 0 Å². The van der Waals surface area contributed by atoms with Gasteiger partial charge in [-0.1, -0.05) is 111 Å². The maximum atomic E-state index is 11.3. The lowest BCUT2D eigenvalue weighted by Gasteiger charge is -2.21. The molecule has 5 heteroatoms. The zero-order chi connectivity index (χ0) is 30.0. The summed E-state index contributed by atoms with van der Waals surface area (Å²) in [5.41, 5.74) is 0. The summed E-state index contributed by atoms with van der Waals surface area (Å²) in [7, 11) is 0. The predicted octanol–water partition coefficient (Wildman–Crippen LogP) is 10.5. The Hall–Kier alpha value is -1.39. The van der Waals surface area contributed by atoms with E-state index in [2.05, 4.69) is 20.8 Å². The first kappa shape index (κ1) is 37.6. The van der Waals surface area contributed by atoms with Crippen molar-refractivity contribution in [2.45, 2.75) is 194 Å². The Morgan fingerprint density at radius 3 is 1.59 bits per heavy atom. The SMILES string of the molecule is CCCCCCCC1CCCC(=O)O1.CCCCCCCC1CCCC1=O.CCCCCCCC1CCCOC1=O. The molecule has 1 aliphatic carbocycles. The van der Waals surface area contributed by atoms with Crippen molar-refractivity contribution in [3.8, 4) is 0 Å². The lowest BCUT2D eigenvalue weighted by Crippen LogP contribution is -2.23. The fourth-order valence-electron chi connectivity index (χ4n) is 6.14. The van der Waals surface area contributed by atoms with Crippen LogP contribution in [-0.4, -0.2) is 30.4 Å². The van der Waals surface area contributed by atoms with Gasteiger partial charge in [-0.15, -0.1) is 0 Å².